The van der Waals surface area contributed by atoms with Crippen molar-refractivity contribution < 1.29 is 41.7 Å². The van der Waals surface area contributed by atoms with E-state index < -0.39 is 35.8 Å². The van der Waals surface area contributed by atoms with Gasteiger partial charge in [-0.1, -0.05) is 68.3 Å². The van der Waals surface area contributed by atoms with E-state index in [0.717, 1.165) is 51.0 Å². The van der Waals surface area contributed by atoms with Crippen LogP contribution in [0.15, 0.2) is 72.8 Å². The molecule has 0 amide bonds. The van der Waals surface area contributed by atoms with Crippen molar-refractivity contribution in [3.8, 4) is 22.3 Å². The number of hydrogen-bond acceptors (Lipinski definition) is 5. The lowest BCUT2D eigenvalue weighted by Crippen LogP contribution is -2.24. The van der Waals surface area contributed by atoms with E-state index in [9.17, 15) is 18.4 Å². The van der Waals surface area contributed by atoms with Crippen molar-refractivity contribution in [2.45, 2.75) is 84.5 Å². The largest absolute Gasteiger partial charge is 0.467 e. The molecule has 9 heteroatoms. The Balaban J connectivity index is 0.00000166. The molecule has 0 aliphatic heterocycles. The molecule has 0 bridgehead atoms. The summed E-state index contributed by atoms with van der Waals surface area (Å²) in [5.74, 6) is -3.70. The van der Waals surface area contributed by atoms with Gasteiger partial charge in [0.15, 0.2) is 11.6 Å². The molecule has 0 saturated heterocycles. The van der Waals surface area contributed by atoms with Crippen LogP contribution in [-0.2, 0) is 25.5 Å². The monoisotopic (exact) mass is 710 g/mol. The van der Waals surface area contributed by atoms with Gasteiger partial charge in [0.05, 0.1) is 25.4 Å². The van der Waals surface area contributed by atoms with Gasteiger partial charge in [-0.15, -0.1) is 6.58 Å². The highest BCUT2D eigenvalue weighted by Crippen LogP contribution is 2.40. The Kier molecular flexibility index (Phi) is 16.6. The van der Waals surface area contributed by atoms with Crippen LogP contribution < -0.4 is 0 Å². The van der Waals surface area contributed by atoms with Gasteiger partial charge in [-0.25, -0.2) is 22.4 Å². The predicted octanol–water partition coefficient (Wildman–Crippen LogP) is 10.4. The third-order valence-electron chi connectivity index (χ3n) is 9.09. The van der Waals surface area contributed by atoms with Gasteiger partial charge in [-0.05, 0) is 105 Å². The Morgan fingerprint density at radius 2 is 1.51 bits per heavy atom. The molecule has 1 N–H and O–H groups in total. The zero-order chi connectivity index (χ0) is 37.5. The number of rotatable bonds is 16. The minimum Gasteiger partial charge on any atom is -0.467 e. The second-order valence-electron chi connectivity index (χ2n) is 13.6. The normalized spacial score (nSPS) is 16.0. The quantitative estimate of drug-likeness (QED) is 0.0400. The molecule has 0 radical (unpaired) electrons. The Hall–Kier alpha value is -4.24. The molecule has 5 nitrogen and oxygen atoms in total. The van der Waals surface area contributed by atoms with E-state index in [0.29, 0.717) is 36.0 Å². The predicted molar refractivity (Wildman–Crippen MR) is 193 cm³/mol. The number of unbranched alkanes of at least 4 members (excludes halogenated alkanes) is 2. The Morgan fingerprint density at radius 3 is 2.12 bits per heavy atom. The zero-order valence-electron chi connectivity index (χ0n) is 29.9. The first-order valence-corrected chi connectivity index (χ1v) is 17.6. The average molecular weight is 711 g/mol. The number of ether oxygens (including phenoxy) is 2. The van der Waals surface area contributed by atoms with Crippen LogP contribution in [0.2, 0.25) is 0 Å². The maximum absolute atomic E-state index is 15.4. The molecule has 1 atom stereocenters. The fourth-order valence-electron chi connectivity index (χ4n) is 6.41. The van der Waals surface area contributed by atoms with Crippen LogP contribution in [0.25, 0.3) is 22.3 Å². The second-order valence-corrected chi connectivity index (χ2v) is 13.6. The van der Waals surface area contributed by atoms with Gasteiger partial charge in [-0.2, -0.15) is 0 Å². The Morgan fingerprint density at radius 1 is 0.882 bits per heavy atom. The fraction of sp³-hybridized carbons (Fsp3) is 0.429. The molecule has 1 aliphatic carbocycles. The fourth-order valence-corrected chi connectivity index (χ4v) is 6.41. The molecule has 51 heavy (non-hydrogen) atoms. The highest BCUT2D eigenvalue weighted by atomic mass is 19.2. The molecular weight excluding hydrogens is 660 g/mol. The van der Waals surface area contributed by atoms with Gasteiger partial charge in [-0.3, -0.25) is 4.79 Å². The third kappa shape index (κ3) is 12.2. The lowest BCUT2D eigenvalue weighted by molar-refractivity contribution is -0.142. The number of halogens is 4. The summed E-state index contributed by atoms with van der Waals surface area (Å²) in [5.41, 5.74) is 2.65. The van der Waals surface area contributed by atoms with Crippen LogP contribution in [-0.4, -0.2) is 37.4 Å². The highest BCUT2D eigenvalue weighted by Gasteiger charge is 2.28. The standard InChI is InChI=1S/C38H42F4O5.C4H8/c1-3-4-5-6-28-11-16-33(37(42)36(28)41)30-13-15-32(35(40)19-30)29-12-14-31(34(39)18-29)27-9-7-25(8-10-27)17-26(21-46-23-44)22-47-38(45)24(2)20-43;1-4(2)3/h11-16,18-19,23,25-27,43H,2-10,17,20-22H2,1H3;1H2,2-3H3. The molecular formula is C42H50F4O5. The van der Waals surface area contributed by atoms with Gasteiger partial charge in [0.1, 0.15) is 11.6 Å². The minimum atomic E-state index is -1.01. The third-order valence-corrected chi connectivity index (χ3v) is 9.09. The first-order chi connectivity index (χ1) is 24.4. The van der Waals surface area contributed by atoms with Crippen molar-refractivity contribution in [2.75, 3.05) is 19.8 Å². The topological polar surface area (TPSA) is 72.8 Å². The van der Waals surface area contributed by atoms with E-state index >= 15 is 8.78 Å². The van der Waals surface area contributed by atoms with E-state index in [4.69, 9.17) is 14.6 Å². The van der Waals surface area contributed by atoms with Crippen molar-refractivity contribution in [1.29, 1.82) is 0 Å². The van der Waals surface area contributed by atoms with Crippen LogP contribution in [0.3, 0.4) is 0 Å². The lowest BCUT2D eigenvalue weighted by atomic mass is 9.75. The molecule has 0 aromatic heterocycles. The van der Waals surface area contributed by atoms with Gasteiger partial charge in [0, 0.05) is 17.0 Å². The first-order valence-electron chi connectivity index (χ1n) is 17.6. The van der Waals surface area contributed by atoms with Crippen molar-refractivity contribution >= 4 is 12.4 Å². The number of carbonyl (C=O) groups is 2. The van der Waals surface area contributed by atoms with E-state index in [1.54, 1.807) is 18.2 Å². The molecule has 276 valence electrons. The maximum atomic E-state index is 15.4. The number of carbonyl (C=O) groups excluding carboxylic acids is 2. The number of esters is 1. The summed E-state index contributed by atoms with van der Waals surface area (Å²) >= 11 is 0. The van der Waals surface area contributed by atoms with Crippen molar-refractivity contribution in [1.82, 2.24) is 0 Å². The smallest absolute Gasteiger partial charge is 0.335 e. The van der Waals surface area contributed by atoms with Crippen LogP contribution >= 0.6 is 0 Å². The van der Waals surface area contributed by atoms with E-state index in [-0.39, 0.29) is 53.2 Å². The summed E-state index contributed by atoms with van der Waals surface area (Å²) in [7, 11) is 0. The van der Waals surface area contributed by atoms with Crippen molar-refractivity contribution in [3.05, 3.63) is 107 Å². The SMILES string of the molecule is C=C(C)C.C=C(CO)C(=O)OCC(COC=O)CC1CCC(c2ccc(-c3ccc(-c4ccc(CCCCC)c(F)c4F)cc3F)cc2F)CC1. The molecule has 0 heterocycles. The number of aryl methyl sites for hydroxylation is 1. The lowest BCUT2D eigenvalue weighted by Gasteiger charge is -2.31. The molecule has 1 unspecified atom stereocenters. The summed E-state index contributed by atoms with van der Waals surface area (Å²) in [4.78, 5) is 22.6. The van der Waals surface area contributed by atoms with Crippen LogP contribution in [0.4, 0.5) is 17.6 Å². The van der Waals surface area contributed by atoms with Crippen molar-refractivity contribution in [2.24, 2.45) is 11.8 Å². The summed E-state index contributed by atoms with van der Waals surface area (Å²) < 4.78 is 70.5. The highest BCUT2D eigenvalue weighted by molar-refractivity contribution is 5.87. The minimum absolute atomic E-state index is 0.0225. The average Bonchev–Trinajstić information content (AvgIpc) is 3.11. The summed E-state index contributed by atoms with van der Waals surface area (Å²) in [5, 5.41) is 9.06. The van der Waals surface area contributed by atoms with E-state index in [1.807, 2.05) is 20.8 Å². The second kappa shape index (κ2) is 20.6. The number of allylic oxidation sites excluding steroid dienone is 1. The summed E-state index contributed by atoms with van der Waals surface area (Å²) in [6, 6.07) is 11.8. The number of aliphatic hydroxyl groups is 1. The molecule has 1 saturated carbocycles. The van der Waals surface area contributed by atoms with Gasteiger partial charge >= 0.3 is 5.97 Å². The first kappa shape index (κ1) is 41.2. The Labute approximate surface area is 299 Å². The molecule has 1 aliphatic rings. The van der Waals surface area contributed by atoms with Gasteiger partial charge in [0.2, 0.25) is 0 Å². The van der Waals surface area contributed by atoms with E-state index in [1.165, 1.54) is 29.8 Å². The number of hydrogen-bond donors (Lipinski definition) is 1. The van der Waals surface area contributed by atoms with Crippen LogP contribution in [0.5, 0.6) is 0 Å². The molecule has 3 aromatic carbocycles. The van der Waals surface area contributed by atoms with Gasteiger partial charge < -0.3 is 14.6 Å². The van der Waals surface area contributed by atoms with Gasteiger partial charge in [0.25, 0.3) is 6.47 Å². The number of aliphatic hydroxyl groups excluding tert-OH is 1. The Bertz CT molecular complexity index is 1640. The molecule has 4 rings (SSSR count). The summed E-state index contributed by atoms with van der Waals surface area (Å²) in [6.07, 6.45) is 6.79. The molecule has 0 spiro atoms. The number of benzene rings is 3. The van der Waals surface area contributed by atoms with E-state index in [2.05, 4.69) is 13.2 Å². The maximum Gasteiger partial charge on any atom is 0.335 e. The molecule has 1 fully saturated rings. The zero-order valence-corrected chi connectivity index (χ0v) is 29.9. The molecule has 3 aromatic rings. The van der Waals surface area contributed by atoms with Crippen LogP contribution in [0, 0.1) is 35.1 Å². The van der Waals surface area contributed by atoms with Crippen LogP contribution in [0.1, 0.15) is 89.2 Å². The van der Waals surface area contributed by atoms with Crippen molar-refractivity contribution in [3.63, 3.8) is 0 Å². The summed E-state index contributed by atoms with van der Waals surface area (Å²) in [6.45, 7) is 12.9.